The van der Waals surface area contributed by atoms with E-state index in [9.17, 15) is 19.1 Å². The summed E-state index contributed by atoms with van der Waals surface area (Å²) in [7, 11) is 0. The van der Waals surface area contributed by atoms with Gasteiger partial charge in [-0.2, -0.15) is 0 Å². The standard InChI is InChI=1S/C22H23FN2O4/c23-19-4-2-1-3-15(19)10-22(21(24)28)12-25(13-22)20(27)16-7-17(26)9-18(8-16)29-11-14-5-6-14/h1-4,7-9,14,26H,5-6,10-13H2,(H2,24,28). The molecule has 2 amide bonds. The first-order chi connectivity index (χ1) is 13.9. The first-order valence-corrected chi connectivity index (χ1v) is 9.66. The molecule has 0 radical (unpaired) electrons. The van der Waals surface area contributed by atoms with Crippen LogP contribution in [0.5, 0.6) is 11.5 Å². The molecule has 7 heteroatoms. The predicted octanol–water partition coefficient (Wildman–Crippen LogP) is 2.49. The minimum absolute atomic E-state index is 0.0605. The quantitative estimate of drug-likeness (QED) is 0.749. The summed E-state index contributed by atoms with van der Waals surface area (Å²) in [5.74, 6) is -0.371. The Kier molecular flexibility index (Phi) is 4.90. The number of aromatic hydroxyl groups is 1. The van der Waals surface area contributed by atoms with Crippen LogP contribution >= 0.6 is 0 Å². The molecule has 29 heavy (non-hydrogen) atoms. The fourth-order valence-corrected chi connectivity index (χ4v) is 3.66. The lowest BCUT2D eigenvalue weighted by molar-refractivity contribution is -0.135. The van der Waals surface area contributed by atoms with Crippen LogP contribution in [0.3, 0.4) is 0 Å². The van der Waals surface area contributed by atoms with Gasteiger partial charge in [-0.3, -0.25) is 9.59 Å². The fraction of sp³-hybridized carbons (Fsp3) is 0.364. The van der Waals surface area contributed by atoms with Crippen LogP contribution < -0.4 is 10.5 Å². The summed E-state index contributed by atoms with van der Waals surface area (Å²) in [5, 5.41) is 9.95. The zero-order chi connectivity index (χ0) is 20.6. The number of nitrogens with zero attached hydrogens (tertiary/aromatic N) is 1. The van der Waals surface area contributed by atoms with Crippen LogP contribution in [0.2, 0.25) is 0 Å². The summed E-state index contributed by atoms with van der Waals surface area (Å²) in [6, 6.07) is 10.7. The Balaban J connectivity index is 1.46. The van der Waals surface area contributed by atoms with Crippen molar-refractivity contribution in [2.75, 3.05) is 19.7 Å². The van der Waals surface area contributed by atoms with E-state index >= 15 is 0 Å². The van der Waals surface area contributed by atoms with Crippen LogP contribution in [0.4, 0.5) is 4.39 Å². The summed E-state index contributed by atoms with van der Waals surface area (Å²) in [5.41, 5.74) is 5.27. The van der Waals surface area contributed by atoms with Gasteiger partial charge in [0.25, 0.3) is 5.91 Å². The molecule has 152 valence electrons. The van der Waals surface area contributed by atoms with Crippen molar-refractivity contribution in [2.24, 2.45) is 17.1 Å². The molecular weight excluding hydrogens is 375 g/mol. The zero-order valence-corrected chi connectivity index (χ0v) is 15.9. The first kappa shape index (κ1) is 19.2. The molecule has 1 saturated carbocycles. The third-order valence-electron chi connectivity index (χ3n) is 5.60. The smallest absolute Gasteiger partial charge is 0.254 e. The second kappa shape index (κ2) is 7.39. The molecule has 2 aromatic carbocycles. The molecule has 0 unspecified atom stereocenters. The van der Waals surface area contributed by atoms with Crippen LogP contribution in [0.1, 0.15) is 28.8 Å². The van der Waals surface area contributed by atoms with Gasteiger partial charge in [-0.05, 0) is 48.9 Å². The Labute approximate surface area is 168 Å². The Morgan fingerprint density at radius 2 is 1.93 bits per heavy atom. The highest BCUT2D eigenvalue weighted by Crippen LogP contribution is 2.36. The van der Waals surface area contributed by atoms with Gasteiger partial charge in [0, 0.05) is 24.7 Å². The highest BCUT2D eigenvalue weighted by Gasteiger charge is 2.50. The van der Waals surface area contributed by atoms with Gasteiger partial charge in [-0.15, -0.1) is 0 Å². The van der Waals surface area contributed by atoms with Crippen molar-refractivity contribution in [1.29, 1.82) is 0 Å². The molecule has 6 nitrogen and oxygen atoms in total. The van der Waals surface area contributed by atoms with E-state index in [0.717, 1.165) is 12.8 Å². The van der Waals surface area contributed by atoms with E-state index in [1.807, 2.05) is 0 Å². The Morgan fingerprint density at radius 1 is 1.21 bits per heavy atom. The molecule has 1 heterocycles. The molecule has 1 aliphatic carbocycles. The van der Waals surface area contributed by atoms with Gasteiger partial charge in [-0.1, -0.05) is 18.2 Å². The maximum atomic E-state index is 14.0. The number of benzene rings is 2. The van der Waals surface area contributed by atoms with Crippen LogP contribution in [-0.2, 0) is 11.2 Å². The lowest BCUT2D eigenvalue weighted by Gasteiger charge is -2.48. The average Bonchev–Trinajstić information content (AvgIpc) is 3.47. The third-order valence-corrected chi connectivity index (χ3v) is 5.60. The number of ether oxygens (including phenoxy) is 1. The number of amides is 2. The van der Waals surface area contributed by atoms with Crippen molar-refractivity contribution < 1.29 is 23.8 Å². The number of carbonyl (C=O) groups excluding carboxylic acids is 2. The Morgan fingerprint density at radius 3 is 2.59 bits per heavy atom. The van der Waals surface area contributed by atoms with Gasteiger partial charge in [0.2, 0.25) is 5.91 Å². The number of hydrogen-bond acceptors (Lipinski definition) is 4. The van der Waals surface area contributed by atoms with Gasteiger partial charge < -0.3 is 20.5 Å². The first-order valence-electron chi connectivity index (χ1n) is 9.66. The Bertz CT molecular complexity index is 952. The molecule has 0 bridgehead atoms. The molecule has 0 atom stereocenters. The second-order valence-electron chi connectivity index (χ2n) is 8.04. The third kappa shape index (κ3) is 4.04. The monoisotopic (exact) mass is 398 g/mol. The number of phenolic OH excluding ortho intramolecular Hbond substituents is 1. The SMILES string of the molecule is NC(=O)C1(Cc2ccccc2F)CN(C(=O)c2cc(O)cc(OCC3CC3)c2)C1. The highest BCUT2D eigenvalue weighted by atomic mass is 19.1. The fourth-order valence-electron chi connectivity index (χ4n) is 3.66. The number of halogens is 1. The minimum atomic E-state index is -1.00. The molecule has 2 aliphatic rings. The number of phenols is 1. The van der Waals surface area contributed by atoms with E-state index in [1.165, 1.54) is 23.1 Å². The number of primary amides is 1. The number of rotatable bonds is 7. The average molecular weight is 398 g/mol. The molecule has 2 aromatic rings. The predicted molar refractivity (Wildman–Crippen MR) is 104 cm³/mol. The van der Waals surface area contributed by atoms with E-state index < -0.39 is 17.1 Å². The molecule has 2 fully saturated rings. The van der Waals surface area contributed by atoms with E-state index in [4.69, 9.17) is 10.5 Å². The molecule has 1 saturated heterocycles. The molecule has 0 aromatic heterocycles. The second-order valence-corrected chi connectivity index (χ2v) is 8.04. The summed E-state index contributed by atoms with van der Waals surface area (Å²) in [4.78, 5) is 26.4. The molecule has 1 aliphatic heterocycles. The number of nitrogens with two attached hydrogens (primary N) is 1. The maximum Gasteiger partial charge on any atom is 0.254 e. The van der Waals surface area contributed by atoms with Crippen molar-refractivity contribution in [3.63, 3.8) is 0 Å². The van der Waals surface area contributed by atoms with Crippen LogP contribution in [0.15, 0.2) is 42.5 Å². The van der Waals surface area contributed by atoms with Crippen molar-refractivity contribution in [3.8, 4) is 11.5 Å². The van der Waals surface area contributed by atoms with Gasteiger partial charge in [0.05, 0.1) is 12.0 Å². The molecule has 3 N–H and O–H groups in total. The van der Waals surface area contributed by atoms with Gasteiger partial charge in [-0.25, -0.2) is 4.39 Å². The van der Waals surface area contributed by atoms with Gasteiger partial charge in [0.15, 0.2) is 0 Å². The topological polar surface area (TPSA) is 92.9 Å². The Hall–Kier alpha value is -3.09. The van der Waals surface area contributed by atoms with Gasteiger partial charge >= 0.3 is 0 Å². The summed E-state index contributed by atoms with van der Waals surface area (Å²) in [6.45, 7) is 0.765. The lowest BCUT2D eigenvalue weighted by atomic mass is 9.73. The number of carbonyl (C=O) groups is 2. The van der Waals surface area contributed by atoms with Crippen molar-refractivity contribution in [3.05, 3.63) is 59.4 Å². The van der Waals surface area contributed by atoms with E-state index in [0.29, 0.717) is 23.8 Å². The summed E-state index contributed by atoms with van der Waals surface area (Å²) < 4.78 is 19.7. The van der Waals surface area contributed by atoms with Crippen molar-refractivity contribution >= 4 is 11.8 Å². The normalized spacial score (nSPS) is 17.5. The largest absolute Gasteiger partial charge is 0.508 e. The van der Waals surface area contributed by atoms with Crippen LogP contribution in [0.25, 0.3) is 0 Å². The molecule has 4 rings (SSSR count). The van der Waals surface area contributed by atoms with Crippen molar-refractivity contribution in [2.45, 2.75) is 19.3 Å². The summed E-state index contributed by atoms with van der Waals surface area (Å²) >= 11 is 0. The zero-order valence-electron chi connectivity index (χ0n) is 15.9. The number of likely N-dealkylation sites (tertiary alicyclic amines) is 1. The molecule has 0 spiro atoms. The number of hydrogen-bond donors (Lipinski definition) is 2. The van der Waals surface area contributed by atoms with E-state index in [1.54, 1.807) is 24.3 Å². The van der Waals surface area contributed by atoms with Crippen LogP contribution in [-0.4, -0.2) is 41.5 Å². The van der Waals surface area contributed by atoms with E-state index in [2.05, 4.69) is 0 Å². The molecular formula is C22H23FN2O4. The lowest BCUT2D eigenvalue weighted by Crippen LogP contribution is -2.65. The van der Waals surface area contributed by atoms with Crippen LogP contribution in [0, 0.1) is 17.2 Å². The van der Waals surface area contributed by atoms with Crippen molar-refractivity contribution in [1.82, 2.24) is 4.90 Å². The minimum Gasteiger partial charge on any atom is -0.508 e. The van der Waals surface area contributed by atoms with E-state index in [-0.39, 0.29) is 36.7 Å². The maximum absolute atomic E-state index is 14.0. The van der Waals surface area contributed by atoms with Gasteiger partial charge in [0.1, 0.15) is 17.3 Å². The summed E-state index contributed by atoms with van der Waals surface area (Å²) in [6.07, 6.45) is 2.40. The highest BCUT2D eigenvalue weighted by molar-refractivity contribution is 5.97.